The van der Waals surface area contributed by atoms with E-state index in [9.17, 15) is 0 Å². The summed E-state index contributed by atoms with van der Waals surface area (Å²) in [5, 5.41) is 0. The molecule has 1 aromatic rings. The van der Waals surface area contributed by atoms with E-state index in [2.05, 4.69) is 9.97 Å². The van der Waals surface area contributed by atoms with Gasteiger partial charge in [-0.25, -0.2) is 9.97 Å². The lowest BCUT2D eigenvalue weighted by Crippen LogP contribution is -2.17. The highest BCUT2D eigenvalue weighted by atomic mass is 16.5. The summed E-state index contributed by atoms with van der Waals surface area (Å²) in [5.41, 5.74) is 9.01. The van der Waals surface area contributed by atoms with Gasteiger partial charge in [0, 0.05) is 17.7 Å². The van der Waals surface area contributed by atoms with Crippen molar-refractivity contribution in [2.75, 3.05) is 13.2 Å². The van der Waals surface area contributed by atoms with Crippen LogP contribution in [-0.4, -0.2) is 23.1 Å². The Bertz CT molecular complexity index is 352. The van der Waals surface area contributed by atoms with Crippen molar-refractivity contribution in [1.82, 2.24) is 9.97 Å². The first kappa shape index (κ1) is 10.5. The number of ether oxygens (including phenoxy) is 1. The highest BCUT2D eigenvalue weighted by Crippen LogP contribution is 2.19. The van der Waals surface area contributed by atoms with E-state index in [0.29, 0.717) is 13.2 Å². The molecule has 1 aromatic heterocycles. The van der Waals surface area contributed by atoms with Crippen LogP contribution in [-0.2, 0) is 24.2 Å². The van der Waals surface area contributed by atoms with Crippen LogP contribution >= 0.6 is 0 Å². The van der Waals surface area contributed by atoms with Crippen molar-refractivity contribution in [2.24, 2.45) is 5.73 Å². The second-order valence-electron chi connectivity index (χ2n) is 3.84. The topological polar surface area (TPSA) is 61.0 Å². The third-order valence-electron chi connectivity index (χ3n) is 2.64. The van der Waals surface area contributed by atoms with Gasteiger partial charge in [0.2, 0.25) is 0 Å². The van der Waals surface area contributed by atoms with Crippen LogP contribution in [0.5, 0.6) is 0 Å². The zero-order chi connectivity index (χ0) is 10.7. The maximum Gasteiger partial charge on any atom is 0.125 e. The first-order valence-electron chi connectivity index (χ1n) is 5.44. The summed E-state index contributed by atoms with van der Waals surface area (Å²) in [6, 6.07) is 0. The van der Waals surface area contributed by atoms with Gasteiger partial charge in [0.05, 0.1) is 18.9 Å². The summed E-state index contributed by atoms with van der Waals surface area (Å²) in [4.78, 5) is 8.94. The first-order chi connectivity index (χ1) is 7.31. The van der Waals surface area contributed by atoms with Crippen molar-refractivity contribution in [3.8, 4) is 0 Å². The molecule has 4 heteroatoms. The lowest BCUT2D eigenvalue weighted by atomic mass is 10.0. The van der Waals surface area contributed by atoms with Gasteiger partial charge < -0.3 is 10.5 Å². The molecule has 0 saturated carbocycles. The molecule has 1 aliphatic rings. The fourth-order valence-electron chi connectivity index (χ4n) is 1.91. The molecule has 0 radical (unpaired) electrons. The Hall–Kier alpha value is -1.00. The van der Waals surface area contributed by atoms with Crippen LogP contribution in [0.3, 0.4) is 0 Å². The highest BCUT2D eigenvalue weighted by Gasteiger charge is 2.16. The van der Waals surface area contributed by atoms with Gasteiger partial charge in [-0.2, -0.15) is 0 Å². The molecule has 0 spiro atoms. The summed E-state index contributed by atoms with van der Waals surface area (Å²) >= 11 is 0. The van der Waals surface area contributed by atoms with E-state index < -0.39 is 0 Å². The van der Waals surface area contributed by atoms with Crippen LogP contribution in [0, 0.1) is 6.92 Å². The first-order valence-corrected chi connectivity index (χ1v) is 5.44. The van der Waals surface area contributed by atoms with Gasteiger partial charge in [0.1, 0.15) is 5.82 Å². The van der Waals surface area contributed by atoms with E-state index in [1.54, 1.807) is 0 Å². The maximum absolute atomic E-state index is 5.52. The molecule has 0 aromatic carbocycles. The summed E-state index contributed by atoms with van der Waals surface area (Å²) < 4.78 is 5.45. The van der Waals surface area contributed by atoms with Crippen molar-refractivity contribution < 1.29 is 4.74 Å². The van der Waals surface area contributed by atoms with Crippen LogP contribution in [0.2, 0.25) is 0 Å². The Morgan fingerprint density at radius 3 is 3.07 bits per heavy atom. The third kappa shape index (κ3) is 2.33. The minimum atomic E-state index is 0.662. The van der Waals surface area contributed by atoms with Gasteiger partial charge >= 0.3 is 0 Å². The number of rotatable bonds is 3. The van der Waals surface area contributed by atoms with Crippen molar-refractivity contribution in [1.29, 1.82) is 0 Å². The van der Waals surface area contributed by atoms with E-state index in [0.717, 1.165) is 37.4 Å². The monoisotopic (exact) mass is 207 g/mol. The summed E-state index contributed by atoms with van der Waals surface area (Å²) in [5.74, 6) is 0.864. The second-order valence-corrected chi connectivity index (χ2v) is 3.84. The molecule has 2 heterocycles. The fraction of sp³-hybridized carbons (Fsp3) is 0.636. The van der Waals surface area contributed by atoms with Crippen LogP contribution in [0.15, 0.2) is 0 Å². The normalized spacial score (nSPS) is 15.1. The number of hydrogen-bond acceptors (Lipinski definition) is 4. The molecule has 0 bridgehead atoms. The Morgan fingerprint density at radius 2 is 2.27 bits per heavy atom. The average molecular weight is 207 g/mol. The number of aryl methyl sites for hydroxylation is 2. The van der Waals surface area contributed by atoms with Crippen LogP contribution < -0.4 is 5.73 Å². The molecule has 0 fully saturated rings. The molecule has 4 nitrogen and oxygen atoms in total. The minimum Gasteiger partial charge on any atom is -0.376 e. The van der Waals surface area contributed by atoms with E-state index in [-0.39, 0.29) is 0 Å². The van der Waals surface area contributed by atoms with Gasteiger partial charge in [-0.05, 0) is 26.3 Å². The molecule has 0 atom stereocenters. The molecule has 2 N–H and O–H groups in total. The Morgan fingerprint density at radius 1 is 1.40 bits per heavy atom. The molecule has 15 heavy (non-hydrogen) atoms. The van der Waals surface area contributed by atoms with Gasteiger partial charge in [0.25, 0.3) is 0 Å². The highest BCUT2D eigenvalue weighted by molar-refractivity contribution is 5.27. The Labute approximate surface area is 89.9 Å². The predicted octanol–water partition coefficient (Wildman–Crippen LogP) is 0.749. The largest absolute Gasteiger partial charge is 0.376 e. The predicted molar refractivity (Wildman–Crippen MR) is 57.5 cm³/mol. The molecule has 0 saturated heterocycles. The van der Waals surface area contributed by atoms with E-state index in [4.69, 9.17) is 10.5 Å². The van der Waals surface area contributed by atoms with Crippen molar-refractivity contribution in [2.45, 2.75) is 32.8 Å². The standard InChI is InChI=1S/C11H17N3O/c1-8-13-10(3-2-5-12)9-7-15-6-4-11(9)14-8/h2-7,12H2,1H3. The molecule has 0 unspecified atom stereocenters. The maximum atomic E-state index is 5.52. The van der Waals surface area contributed by atoms with E-state index in [1.165, 1.54) is 11.3 Å². The van der Waals surface area contributed by atoms with Gasteiger partial charge in [-0.15, -0.1) is 0 Å². The molecule has 82 valence electrons. The SMILES string of the molecule is Cc1nc(CCCN)c2c(n1)CCOC2. The lowest BCUT2D eigenvalue weighted by Gasteiger charge is -2.18. The fourth-order valence-corrected chi connectivity index (χ4v) is 1.91. The van der Waals surface area contributed by atoms with Crippen molar-refractivity contribution >= 4 is 0 Å². The smallest absolute Gasteiger partial charge is 0.125 e. The zero-order valence-corrected chi connectivity index (χ0v) is 9.12. The van der Waals surface area contributed by atoms with Gasteiger partial charge in [-0.1, -0.05) is 0 Å². The molecule has 2 rings (SSSR count). The number of nitrogens with zero attached hydrogens (tertiary/aromatic N) is 2. The minimum absolute atomic E-state index is 0.662. The second kappa shape index (κ2) is 4.68. The summed E-state index contributed by atoms with van der Waals surface area (Å²) in [7, 11) is 0. The number of fused-ring (bicyclic) bond motifs is 1. The number of aromatic nitrogens is 2. The summed E-state index contributed by atoms with van der Waals surface area (Å²) in [6.07, 6.45) is 2.82. The van der Waals surface area contributed by atoms with Gasteiger partial charge in [-0.3, -0.25) is 0 Å². The van der Waals surface area contributed by atoms with Crippen LogP contribution in [0.4, 0.5) is 0 Å². The number of hydrogen-bond donors (Lipinski definition) is 1. The zero-order valence-electron chi connectivity index (χ0n) is 9.12. The van der Waals surface area contributed by atoms with Crippen molar-refractivity contribution in [3.63, 3.8) is 0 Å². The molecule has 1 aliphatic heterocycles. The van der Waals surface area contributed by atoms with Crippen molar-refractivity contribution in [3.05, 3.63) is 22.8 Å². The van der Waals surface area contributed by atoms with E-state index >= 15 is 0 Å². The van der Waals surface area contributed by atoms with Gasteiger partial charge in [0.15, 0.2) is 0 Å². The number of nitrogens with two attached hydrogens (primary N) is 1. The lowest BCUT2D eigenvalue weighted by molar-refractivity contribution is 0.108. The quantitative estimate of drug-likeness (QED) is 0.794. The van der Waals surface area contributed by atoms with E-state index in [1.807, 2.05) is 6.92 Å². The molecule has 0 amide bonds. The van der Waals surface area contributed by atoms with Crippen LogP contribution in [0.25, 0.3) is 0 Å². The average Bonchev–Trinajstić information content (AvgIpc) is 2.25. The molecule has 0 aliphatic carbocycles. The Balaban J connectivity index is 2.30. The Kier molecular flexibility index (Phi) is 3.28. The summed E-state index contributed by atoms with van der Waals surface area (Å²) in [6.45, 7) is 4.09. The third-order valence-corrected chi connectivity index (χ3v) is 2.64. The molecular formula is C11H17N3O. The molecular weight excluding hydrogens is 190 g/mol. The van der Waals surface area contributed by atoms with Crippen LogP contribution in [0.1, 0.15) is 29.2 Å².